The smallest absolute Gasteiger partial charge is 0.214 e. The molecule has 0 amide bonds. The topological polar surface area (TPSA) is 49.9 Å². The molecule has 0 spiro atoms. The quantitative estimate of drug-likeness (QED) is 0.756. The van der Waals surface area contributed by atoms with Gasteiger partial charge in [0, 0.05) is 38.8 Å². The fourth-order valence-electron chi connectivity index (χ4n) is 3.19. The Kier molecular flexibility index (Phi) is 6.59. The van der Waals surface area contributed by atoms with Gasteiger partial charge in [0.05, 0.1) is 12.4 Å². The van der Waals surface area contributed by atoms with Gasteiger partial charge in [0.1, 0.15) is 0 Å². The minimum atomic E-state index is -3.22. The summed E-state index contributed by atoms with van der Waals surface area (Å²) < 4.78 is 32.1. The molecule has 23 heavy (non-hydrogen) atoms. The van der Waals surface area contributed by atoms with E-state index in [-0.39, 0.29) is 17.8 Å². The maximum absolute atomic E-state index is 12.7. The van der Waals surface area contributed by atoms with Crippen molar-refractivity contribution in [3.63, 3.8) is 0 Å². The van der Waals surface area contributed by atoms with Gasteiger partial charge in [0.15, 0.2) is 0 Å². The van der Waals surface area contributed by atoms with Gasteiger partial charge in [-0.3, -0.25) is 4.90 Å². The van der Waals surface area contributed by atoms with E-state index in [9.17, 15) is 8.42 Å². The molecule has 130 valence electrons. The highest BCUT2D eigenvalue weighted by Crippen LogP contribution is 2.19. The van der Waals surface area contributed by atoms with Gasteiger partial charge in [-0.2, -0.15) is 4.31 Å². The second-order valence-corrected chi connectivity index (χ2v) is 8.39. The zero-order chi connectivity index (χ0) is 16.9. The van der Waals surface area contributed by atoms with E-state index in [1.807, 2.05) is 30.3 Å². The molecular formula is C17H28N2O3S. The first-order valence-corrected chi connectivity index (χ1v) is 9.81. The van der Waals surface area contributed by atoms with E-state index in [4.69, 9.17) is 4.74 Å². The third-order valence-corrected chi connectivity index (χ3v) is 6.31. The molecular weight excluding hydrogens is 312 g/mol. The summed E-state index contributed by atoms with van der Waals surface area (Å²) in [6, 6.07) is 10.2. The monoisotopic (exact) mass is 340 g/mol. The molecule has 0 N–H and O–H groups in total. The molecule has 0 saturated carbocycles. The van der Waals surface area contributed by atoms with Crippen molar-refractivity contribution in [1.82, 2.24) is 9.21 Å². The Morgan fingerprint density at radius 1 is 1.13 bits per heavy atom. The van der Waals surface area contributed by atoms with Crippen LogP contribution in [0.2, 0.25) is 0 Å². The van der Waals surface area contributed by atoms with Gasteiger partial charge in [0.25, 0.3) is 0 Å². The molecule has 1 aromatic carbocycles. The van der Waals surface area contributed by atoms with Crippen molar-refractivity contribution in [2.24, 2.45) is 0 Å². The number of piperazine rings is 1. The Labute approximate surface area is 140 Å². The van der Waals surface area contributed by atoms with Crippen LogP contribution < -0.4 is 0 Å². The molecule has 0 bridgehead atoms. The minimum Gasteiger partial charge on any atom is -0.383 e. The van der Waals surface area contributed by atoms with Gasteiger partial charge in [-0.25, -0.2) is 8.42 Å². The van der Waals surface area contributed by atoms with Crippen LogP contribution in [0.4, 0.5) is 0 Å². The van der Waals surface area contributed by atoms with Gasteiger partial charge in [-0.05, 0) is 25.8 Å². The van der Waals surface area contributed by atoms with E-state index in [1.54, 1.807) is 11.4 Å². The molecule has 5 nitrogen and oxygen atoms in total. The summed E-state index contributed by atoms with van der Waals surface area (Å²) >= 11 is 0. The van der Waals surface area contributed by atoms with Gasteiger partial charge < -0.3 is 4.74 Å². The summed E-state index contributed by atoms with van der Waals surface area (Å²) in [6.45, 7) is 6.82. The lowest BCUT2D eigenvalue weighted by Gasteiger charge is -2.43. The maximum Gasteiger partial charge on any atom is 0.214 e. The van der Waals surface area contributed by atoms with Crippen LogP contribution in [0.3, 0.4) is 0 Å². The molecule has 2 unspecified atom stereocenters. The summed E-state index contributed by atoms with van der Waals surface area (Å²) in [5, 5.41) is 0. The highest BCUT2D eigenvalue weighted by Gasteiger charge is 2.34. The van der Waals surface area contributed by atoms with Crippen molar-refractivity contribution >= 4 is 10.0 Å². The van der Waals surface area contributed by atoms with Crippen LogP contribution in [0.5, 0.6) is 0 Å². The number of aryl methyl sites for hydroxylation is 1. The fraction of sp³-hybridized carbons (Fsp3) is 0.647. The summed E-state index contributed by atoms with van der Waals surface area (Å²) in [6.07, 6.45) is 0.565. The van der Waals surface area contributed by atoms with E-state index in [0.717, 1.165) is 12.1 Å². The van der Waals surface area contributed by atoms with Crippen LogP contribution in [0.15, 0.2) is 30.3 Å². The van der Waals surface area contributed by atoms with Crippen molar-refractivity contribution in [2.45, 2.75) is 32.4 Å². The molecule has 1 aromatic rings. The van der Waals surface area contributed by atoms with Crippen molar-refractivity contribution < 1.29 is 13.2 Å². The minimum absolute atomic E-state index is 0.175. The Morgan fingerprint density at radius 2 is 1.74 bits per heavy atom. The Hall–Kier alpha value is -0.950. The number of nitrogens with zero attached hydrogens (tertiary/aromatic N) is 2. The lowest BCUT2D eigenvalue weighted by atomic mass is 10.1. The summed E-state index contributed by atoms with van der Waals surface area (Å²) in [5.41, 5.74) is 1.07. The van der Waals surface area contributed by atoms with Crippen LogP contribution in [-0.4, -0.2) is 68.8 Å². The first-order valence-electron chi connectivity index (χ1n) is 8.20. The molecule has 1 fully saturated rings. The van der Waals surface area contributed by atoms with Gasteiger partial charge in [-0.15, -0.1) is 0 Å². The van der Waals surface area contributed by atoms with Crippen molar-refractivity contribution in [3.05, 3.63) is 35.9 Å². The molecule has 2 atom stereocenters. The fourth-order valence-corrected chi connectivity index (χ4v) is 4.83. The maximum atomic E-state index is 12.7. The lowest BCUT2D eigenvalue weighted by Crippen LogP contribution is -2.58. The van der Waals surface area contributed by atoms with Crippen LogP contribution in [0.25, 0.3) is 0 Å². The molecule has 2 rings (SSSR count). The average molecular weight is 340 g/mol. The third kappa shape index (κ3) is 5.01. The Balaban J connectivity index is 1.95. The SMILES string of the molecule is COCCN1C(C)CN(S(=O)(=O)CCc2ccccc2)CC1C. The highest BCUT2D eigenvalue weighted by molar-refractivity contribution is 7.89. The van der Waals surface area contributed by atoms with Gasteiger partial charge in [0.2, 0.25) is 10.0 Å². The number of methoxy groups -OCH3 is 1. The second-order valence-electron chi connectivity index (χ2n) is 6.30. The van der Waals surface area contributed by atoms with E-state index in [1.165, 1.54) is 0 Å². The predicted molar refractivity (Wildman–Crippen MR) is 93.0 cm³/mol. The summed E-state index contributed by atoms with van der Waals surface area (Å²) in [7, 11) is -1.52. The normalized spacial score (nSPS) is 24.0. The molecule has 1 aliphatic heterocycles. The average Bonchev–Trinajstić information content (AvgIpc) is 2.53. The molecule has 1 heterocycles. The Morgan fingerprint density at radius 3 is 2.30 bits per heavy atom. The zero-order valence-corrected chi connectivity index (χ0v) is 15.1. The largest absolute Gasteiger partial charge is 0.383 e. The molecule has 0 aliphatic carbocycles. The Bertz CT molecular complexity index is 565. The summed E-state index contributed by atoms with van der Waals surface area (Å²) in [4.78, 5) is 2.33. The first kappa shape index (κ1) is 18.4. The number of benzene rings is 1. The zero-order valence-electron chi connectivity index (χ0n) is 14.3. The van der Waals surface area contributed by atoms with E-state index in [0.29, 0.717) is 26.1 Å². The van der Waals surface area contributed by atoms with Crippen molar-refractivity contribution in [2.75, 3.05) is 39.1 Å². The number of hydrogen-bond acceptors (Lipinski definition) is 4. The first-order chi connectivity index (χ1) is 10.9. The standard InChI is InChI=1S/C17H28N2O3S/c1-15-13-18(14-16(2)19(15)10-11-22-3)23(20,21)12-9-17-7-5-4-6-8-17/h4-8,15-16H,9-14H2,1-3H3. The molecule has 0 aromatic heterocycles. The van der Waals surface area contributed by atoms with E-state index >= 15 is 0 Å². The molecule has 1 aliphatic rings. The van der Waals surface area contributed by atoms with E-state index < -0.39 is 10.0 Å². The summed E-state index contributed by atoms with van der Waals surface area (Å²) in [5.74, 6) is 0.175. The highest BCUT2D eigenvalue weighted by atomic mass is 32.2. The second kappa shape index (κ2) is 8.24. The molecule has 6 heteroatoms. The lowest BCUT2D eigenvalue weighted by molar-refractivity contribution is 0.0496. The third-order valence-electron chi connectivity index (χ3n) is 4.51. The number of sulfonamides is 1. The number of ether oxygens (including phenoxy) is 1. The molecule has 1 saturated heterocycles. The predicted octanol–water partition coefficient (Wildman–Crippen LogP) is 1.60. The van der Waals surface area contributed by atoms with Gasteiger partial charge in [-0.1, -0.05) is 30.3 Å². The number of hydrogen-bond donors (Lipinski definition) is 0. The van der Waals surface area contributed by atoms with Crippen molar-refractivity contribution in [1.29, 1.82) is 0 Å². The van der Waals surface area contributed by atoms with Crippen LogP contribution in [0, 0.1) is 0 Å². The van der Waals surface area contributed by atoms with Crippen LogP contribution >= 0.6 is 0 Å². The van der Waals surface area contributed by atoms with E-state index in [2.05, 4.69) is 18.7 Å². The number of rotatable bonds is 7. The van der Waals surface area contributed by atoms with Crippen LogP contribution in [0.1, 0.15) is 19.4 Å². The van der Waals surface area contributed by atoms with Crippen molar-refractivity contribution in [3.8, 4) is 0 Å². The molecule has 0 radical (unpaired) electrons. The van der Waals surface area contributed by atoms with Gasteiger partial charge >= 0.3 is 0 Å². The van der Waals surface area contributed by atoms with Crippen LogP contribution in [-0.2, 0) is 21.2 Å².